The smallest absolute Gasteiger partial charge is 0.240 e. The van der Waals surface area contributed by atoms with Crippen molar-refractivity contribution in [2.45, 2.75) is 71.4 Å². The van der Waals surface area contributed by atoms with E-state index in [-0.39, 0.29) is 5.60 Å². The summed E-state index contributed by atoms with van der Waals surface area (Å²) in [6.45, 7) is 8.68. The highest BCUT2D eigenvalue weighted by Gasteiger charge is 2.38. The Bertz CT molecular complexity index is 409. The van der Waals surface area contributed by atoms with Gasteiger partial charge in [0.25, 0.3) is 0 Å². The third-order valence-corrected chi connectivity index (χ3v) is 4.04. The summed E-state index contributed by atoms with van der Waals surface area (Å²) in [4.78, 5) is 4.60. The van der Waals surface area contributed by atoms with Crippen LogP contribution in [0.2, 0.25) is 0 Å². The van der Waals surface area contributed by atoms with E-state index in [1.807, 2.05) is 6.92 Å². The quantitative estimate of drug-likeness (QED) is 0.781. The van der Waals surface area contributed by atoms with Gasteiger partial charge in [-0.3, -0.25) is 0 Å². The van der Waals surface area contributed by atoms with Crippen molar-refractivity contribution in [2.24, 2.45) is 5.92 Å². The Balaban J connectivity index is 2.04. The molecule has 1 aliphatic rings. The topological polar surface area (TPSA) is 60.2 Å². The number of hydrogen-bond acceptors (Lipinski definition) is 5. The lowest BCUT2D eigenvalue weighted by atomic mass is 9.93. The summed E-state index contributed by atoms with van der Waals surface area (Å²) in [6, 6.07) is 0. The summed E-state index contributed by atoms with van der Waals surface area (Å²) >= 11 is 0. The lowest BCUT2D eigenvalue weighted by Gasteiger charge is -2.29. The molecule has 5 nitrogen and oxygen atoms in total. The summed E-state index contributed by atoms with van der Waals surface area (Å²) < 4.78 is 11.5. The molecule has 0 aromatic carbocycles. The van der Waals surface area contributed by atoms with Gasteiger partial charge in [-0.25, -0.2) is 0 Å². The third kappa shape index (κ3) is 4.51. The first-order chi connectivity index (χ1) is 10.2. The fourth-order valence-electron chi connectivity index (χ4n) is 2.99. The van der Waals surface area contributed by atoms with Crippen LogP contribution in [0.3, 0.4) is 0 Å². The monoisotopic (exact) mass is 295 g/mol. The molecule has 0 amide bonds. The van der Waals surface area contributed by atoms with E-state index in [0.29, 0.717) is 25.0 Å². The Morgan fingerprint density at radius 1 is 1.24 bits per heavy atom. The highest BCUT2D eigenvalue weighted by Crippen LogP contribution is 2.37. The number of aromatic nitrogens is 2. The maximum Gasteiger partial charge on any atom is 0.240 e. The maximum absolute atomic E-state index is 6.09. The Morgan fingerprint density at radius 2 is 1.95 bits per heavy atom. The predicted molar refractivity (Wildman–Crippen MR) is 81.8 cm³/mol. The van der Waals surface area contributed by atoms with Crippen molar-refractivity contribution in [3.63, 3.8) is 0 Å². The highest BCUT2D eigenvalue weighted by molar-refractivity contribution is 5.03. The van der Waals surface area contributed by atoms with Crippen molar-refractivity contribution >= 4 is 0 Å². The van der Waals surface area contributed by atoms with E-state index >= 15 is 0 Å². The molecule has 1 saturated carbocycles. The van der Waals surface area contributed by atoms with E-state index < -0.39 is 0 Å². The Hall–Kier alpha value is -0.940. The molecular weight excluding hydrogens is 266 g/mol. The standard InChI is InChI=1S/C16H29N3O2/c1-4-20-16(9-7-5-6-8-10-16)15-18-14(21-19-15)12-17-11-13(2)3/h13,17H,4-12H2,1-3H3. The molecule has 5 heteroatoms. The Labute approximate surface area is 127 Å². The molecule has 1 aromatic rings. The molecule has 1 fully saturated rings. The fraction of sp³-hybridized carbons (Fsp3) is 0.875. The average Bonchev–Trinajstić information content (AvgIpc) is 2.79. The second-order valence-corrected chi connectivity index (χ2v) is 6.38. The van der Waals surface area contributed by atoms with Gasteiger partial charge in [-0.05, 0) is 32.2 Å². The largest absolute Gasteiger partial charge is 0.367 e. The van der Waals surface area contributed by atoms with E-state index in [0.717, 1.165) is 25.2 Å². The van der Waals surface area contributed by atoms with Crippen molar-refractivity contribution in [3.8, 4) is 0 Å². The molecule has 1 N–H and O–H groups in total. The zero-order valence-electron chi connectivity index (χ0n) is 13.7. The van der Waals surface area contributed by atoms with E-state index in [9.17, 15) is 0 Å². The minimum Gasteiger partial charge on any atom is -0.367 e. The van der Waals surface area contributed by atoms with Crippen LogP contribution in [0.1, 0.15) is 71.0 Å². The van der Waals surface area contributed by atoms with Gasteiger partial charge in [-0.2, -0.15) is 4.98 Å². The Kier molecular flexibility index (Phi) is 6.18. The summed E-state index contributed by atoms with van der Waals surface area (Å²) in [7, 11) is 0. The molecule has 0 unspecified atom stereocenters. The zero-order chi connectivity index (χ0) is 15.1. The van der Waals surface area contributed by atoms with Crippen LogP contribution in [0.25, 0.3) is 0 Å². The third-order valence-electron chi connectivity index (χ3n) is 4.04. The van der Waals surface area contributed by atoms with E-state index in [1.54, 1.807) is 0 Å². The highest BCUT2D eigenvalue weighted by atomic mass is 16.5. The van der Waals surface area contributed by atoms with Crippen molar-refractivity contribution in [1.82, 2.24) is 15.5 Å². The minimum absolute atomic E-state index is 0.328. The van der Waals surface area contributed by atoms with Crippen molar-refractivity contribution in [2.75, 3.05) is 13.2 Å². The number of hydrogen-bond donors (Lipinski definition) is 1. The summed E-state index contributed by atoms with van der Waals surface area (Å²) in [5, 5.41) is 7.56. The number of nitrogens with zero attached hydrogens (tertiary/aromatic N) is 2. The number of nitrogens with one attached hydrogen (secondary N) is 1. The predicted octanol–water partition coefficient (Wildman–Crippen LogP) is 3.40. The van der Waals surface area contributed by atoms with Crippen LogP contribution in [0.5, 0.6) is 0 Å². The first-order valence-corrected chi connectivity index (χ1v) is 8.34. The van der Waals surface area contributed by atoms with Gasteiger partial charge < -0.3 is 14.6 Å². The van der Waals surface area contributed by atoms with Gasteiger partial charge in [0.2, 0.25) is 11.7 Å². The van der Waals surface area contributed by atoms with E-state index in [4.69, 9.17) is 9.26 Å². The molecule has 0 atom stereocenters. The van der Waals surface area contributed by atoms with Gasteiger partial charge >= 0.3 is 0 Å². The molecule has 1 aromatic heterocycles. The first kappa shape index (κ1) is 16.4. The maximum atomic E-state index is 6.09. The van der Waals surface area contributed by atoms with Crippen LogP contribution in [0.15, 0.2) is 4.52 Å². The van der Waals surface area contributed by atoms with Crippen LogP contribution in [-0.2, 0) is 16.9 Å². The van der Waals surface area contributed by atoms with Crippen LogP contribution in [0, 0.1) is 5.92 Å². The number of ether oxygens (including phenoxy) is 1. The van der Waals surface area contributed by atoms with Gasteiger partial charge in [0, 0.05) is 6.61 Å². The minimum atomic E-state index is -0.328. The van der Waals surface area contributed by atoms with Gasteiger partial charge in [0.1, 0.15) is 5.60 Å². The van der Waals surface area contributed by atoms with Crippen molar-refractivity contribution in [3.05, 3.63) is 11.7 Å². The van der Waals surface area contributed by atoms with Crippen LogP contribution >= 0.6 is 0 Å². The zero-order valence-corrected chi connectivity index (χ0v) is 13.7. The van der Waals surface area contributed by atoms with Crippen molar-refractivity contribution in [1.29, 1.82) is 0 Å². The van der Waals surface area contributed by atoms with Gasteiger partial charge in [0.05, 0.1) is 6.54 Å². The van der Waals surface area contributed by atoms with Gasteiger partial charge in [0.15, 0.2) is 0 Å². The molecule has 21 heavy (non-hydrogen) atoms. The number of rotatable bonds is 7. The van der Waals surface area contributed by atoms with Crippen molar-refractivity contribution < 1.29 is 9.26 Å². The van der Waals surface area contributed by atoms with E-state index in [2.05, 4.69) is 29.3 Å². The SMILES string of the molecule is CCOC1(c2noc(CNCC(C)C)n2)CCCCCC1. The average molecular weight is 295 g/mol. The summed E-state index contributed by atoms with van der Waals surface area (Å²) in [5.74, 6) is 2.02. The normalized spacial score (nSPS) is 18.9. The molecule has 1 heterocycles. The molecule has 0 bridgehead atoms. The fourth-order valence-corrected chi connectivity index (χ4v) is 2.99. The first-order valence-electron chi connectivity index (χ1n) is 8.34. The molecule has 0 aliphatic heterocycles. The summed E-state index contributed by atoms with van der Waals surface area (Å²) in [5.41, 5.74) is -0.328. The molecule has 0 spiro atoms. The molecule has 0 saturated heterocycles. The van der Waals surface area contributed by atoms with Gasteiger partial charge in [-0.1, -0.05) is 44.7 Å². The van der Waals surface area contributed by atoms with Gasteiger partial charge in [-0.15, -0.1) is 0 Å². The summed E-state index contributed by atoms with van der Waals surface area (Å²) in [6.07, 6.45) is 6.90. The molecule has 2 rings (SSSR count). The van der Waals surface area contributed by atoms with Crippen LogP contribution < -0.4 is 5.32 Å². The second kappa shape index (κ2) is 7.90. The van der Waals surface area contributed by atoms with Crippen LogP contribution in [0.4, 0.5) is 0 Å². The second-order valence-electron chi connectivity index (χ2n) is 6.38. The van der Waals surface area contributed by atoms with Crippen LogP contribution in [-0.4, -0.2) is 23.3 Å². The molecule has 0 radical (unpaired) electrons. The molecule has 1 aliphatic carbocycles. The molecular formula is C16H29N3O2. The lowest BCUT2D eigenvalue weighted by molar-refractivity contribution is -0.0636. The Morgan fingerprint density at radius 3 is 2.57 bits per heavy atom. The molecule has 120 valence electrons. The lowest BCUT2D eigenvalue weighted by Crippen LogP contribution is -2.31. The van der Waals surface area contributed by atoms with E-state index in [1.165, 1.54) is 25.7 Å².